The molecule has 1 aliphatic heterocycles. The Hall–Kier alpha value is -2.23. The molecule has 0 spiro atoms. The van der Waals surface area contributed by atoms with Gasteiger partial charge < -0.3 is 9.84 Å². The lowest BCUT2D eigenvalue weighted by atomic mass is 10.2. The number of hydrogen-bond donors (Lipinski definition) is 1. The zero-order valence-electron chi connectivity index (χ0n) is 15.5. The van der Waals surface area contributed by atoms with Crippen LogP contribution in [0.15, 0.2) is 39.8 Å². The van der Waals surface area contributed by atoms with Crippen LogP contribution in [0.5, 0.6) is 0 Å². The lowest BCUT2D eigenvalue weighted by Gasteiger charge is -2.33. The van der Waals surface area contributed by atoms with Gasteiger partial charge in [-0.15, -0.1) is 0 Å². The van der Waals surface area contributed by atoms with E-state index in [-0.39, 0.29) is 17.3 Å². The van der Waals surface area contributed by atoms with Crippen molar-refractivity contribution in [2.45, 2.75) is 25.3 Å². The van der Waals surface area contributed by atoms with Gasteiger partial charge in [0.1, 0.15) is 10.6 Å². The Morgan fingerprint density at radius 3 is 2.41 bits per heavy atom. The van der Waals surface area contributed by atoms with Crippen molar-refractivity contribution in [3.63, 3.8) is 0 Å². The summed E-state index contributed by atoms with van der Waals surface area (Å²) in [4.78, 5) is 14.2. The first-order chi connectivity index (χ1) is 12.9. The Morgan fingerprint density at radius 1 is 1.15 bits per heavy atom. The van der Waals surface area contributed by atoms with Gasteiger partial charge in [0.15, 0.2) is 5.76 Å². The standard InChI is InChI=1S/C18H24N4O4S/c1-14-18(15(2)26-20-14)27(24,25)22-10-8-21(9-11-22)13-17(23)19-12-16-6-4-3-5-7-16/h3-7H,8-13H2,1-2H3,(H,19,23). The molecule has 1 aliphatic rings. The first-order valence-corrected chi connectivity index (χ1v) is 10.3. The van der Waals surface area contributed by atoms with E-state index >= 15 is 0 Å². The summed E-state index contributed by atoms with van der Waals surface area (Å²) in [6, 6.07) is 9.71. The monoisotopic (exact) mass is 392 g/mol. The zero-order chi connectivity index (χ0) is 19.4. The van der Waals surface area contributed by atoms with E-state index in [0.717, 1.165) is 5.56 Å². The lowest BCUT2D eigenvalue weighted by Crippen LogP contribution is -2.51. The van der Waals surface area contributed by atoms with E-state index in [1.807, 2.05) is 35.2 Å². The molecule has 0 unspecified atom stereocenters. The van der Waals surface area contributed by atoms with Crippen LogP contribution in [-0.2, 0) is 21.4 Å². The second-order valence-electron chi connectivity index (χ2n) is 6.60. The maximum absolute atomic E-state index is 12.8. The topological polar surface area (TPSA) is 95.8 Å². The number of hydrogen-bond acceptors (Lipinski definition) is 6. The number of nitrogens with zero attached hydrogens (tertiary/aromatic N) is 3. The number of carbonyl (C=O) groups excluding carboxylic acids is 1. The third kappa shape index (κ3) is 4.55. The smallest absolute Gasteiger partial charge is 0.248 e. The highest BCUT2D eigenvalue weighted by molar-refractivity contribution is 7.89. The molecular formula is C18H24N4O4S. The van der Waals surface area contributed by atoms with Crippen molar-refractivity contribution in [3.8, 4) is 0 Å². The van der Waals surface area contributed by atoms with E-state index in [1.165, 1.54) is 4.31 Å². The summed E-state index contributed by atoms with van der Waals surface area (Å²) >= 11 is 0. The van der Waals surface area contributed by atoms with Gasteiger partial charge in [-0.1, -0.05) is 35.5 Å². The van der Waals surface area contributed by atoms with Crippen LogP contribution < -0.4 is 5.32 Å². The average Bonchev–Trinajstić information content (AvgIpc) is 3.00. The summed E-state index contributed by atoms with van der Waals surface area (Å²) in [5.74, 6) is 0.233. The Balaban J connectivity index is 1.51. The maximum atomic E-state index is 12.8. The third-order valence-corrected chi connectivity index (χ3v) is 6.74. The van der Waals surface area contributed by atoms with Crippen LogP contribution in [0.4, 0.5) is 0 Å². The van der Waals surface area contributed by atoms with Gasteiger partial charge in [-0.2, -0.15) is 4.31 Å². The highest BCUT2D eigenvalue weighted by atomic mass is 32.2. The molecule has 1 aromatic carbocycles. The fourth-order valence-corrected chi connectivity index (χ4v) is 4.87. The third-order valence-electron chi connectivity index (χ3n) is 4.60. The largest absolute Gasteiger partial charge is 0.360 e. The molecule has 8 nitrogen and oxygen atoms in total. The molecule has 0 bridgehead atoms. The summed E-state index contributed by atoms with van der Waals surface area (Å²) < 4.78 is 32.0. The average molecular weight is 392 g/mol. The normalized spacial score (nSPS) is 16.4. The first-order valence-electron chi connectivity index (χ1n) is 8.84. The molecule has 0 radical (unpaired) electrons. The predicted octanol–water partition coefficient (Wildman–Crippen LogP) is 0.914. The molecule has 2 aromatic rings. The summed E-state index contributed by atoms with van der Waals surface area (Å²) in [5.41, 5.74) is 1.41. The SMILES string of the molecule is Cc1noc(C)c1S(=O)(=O)N1CCN(CC(=O)NCc2ccccc2)CC1. The molecule has 1 N–H and O–H groups in total. The van der Waals surface area contributed by atoms with Crippen LogP contribution >= 0.6 is 0 Å². The quantitative estimate of drug-likeness (QED) is 0.785. The Morgan fingerprint density at radius 2 is 1.81 bits per heavy atom. The van der Waals surface area contributed by atoms with Crippen molar-refractivity contribution >= 4 is 15.9 Å². The molecule has 0 atom stereocenters. The van der Waals surface area contributed by atoms with E-state index in [2.05, 4.69) is 10.5 Å². The van der Waals surface area contributed by atoms with Gasteiger partial charge in [-0.3, -0.25) is 9.69 Å². The molecule has 1 fully saturated rings. The van der Waals surface area contributed by atoms with Gasteiger partial charge in [0.05, 0.1) is 6.54 Å². The number of rotatable bonds is 6. The van der Waals surface area contributed by atoms with Crippen LogP contribution in [0.3, 0.4) is 0 Å². The molecular weight excluding hydrogens is 368 g/mol. The number of nitrogens with one attached hydrogen (secondary N) is 1. The second-order valence-corrected chi connectivity index (χ2v) is 8.47. The van der Waals surface area contributed by atoms with Gasteiger partial charge in [0.25, 0.3) is 0 Å². The minimum atomic E-state index is -3.63. The fraction of sp³-hybridized carbons (Fsp3) is 0.444. The van der Waals surface area contributed by atoms with E-state index in [9.17, 15) is 13.2 Å². The summed E-state index contributed by atoms with van der Waals surface area (Å²) in [5, 5.41) is 6.62. The maximum Gasteiger partial charge on any atom is 0.248 e. The number of sulfonamides is 1. The highest BCUT2D eigenvalue weighted by Gasteiger charge is 2.33. The van der Waals surface area contributed by atoms with E-state index in [4.69, 9.17) is 4.52 Å². The molecule has 2 heterocycles. The fourth-order valence-electron chi connectivity index (χ4n) is 3.16. The lowest BCUT2D eigenvalue weighted by molar-refractivity contribution is -0.122. The van der Waals surface area contributed by atoms with Crippen molar-refractivity contribution in [1.29, 1.82) is 0 Å². The van der Waals surface area contributed by atoms with Gasteiger partial charge in [-0.05, 0) is 19.4 Å². The number of piperazine rings is 1. The molecule has 1 aromatic heterocycles. The van der Waals surface area contributed by atoms with E-state index < -0.39 is 10.0 Å². The van der Waals surface area contributed by atoms with Crippen LogP contribution in [0.1, 0.15) is 17.0 Å². The Bertz CT molecular complexity index is 868. The molecule has 1 amide bonds. The van der Waals surface area contributed by atoms with Crippen molar-refractivity contribution in [2.75, 3.05) is 32.7 Å². The number of carbonyl (C=O) groups is 1. The Labute approximate surface area is 159 Å². The molecule has 0 aliphatic carbocycles. The van der Waals surface area contributed by atoms with Gasteiger partial charge in [-0.25, -0.2) is 8.42 Å². The predicted molar refractivity (Wildman–Crippen MR) is 99.5 cm³/mol. The molecule has 0 saturated carbocycles. The summed E-state index contributed by atoms with van der Waals surface area (Å²) in [7, 11) is -3.63. The number of aryl methyl sites for hydroxylation is 2. The van der Waals surface area contributed by atoms with Crippen LogP contribution in [-0.4, -0.2) is 61.4 Å². The van der Waals surface area contributed by atoms with Crippen molar-refractivity contribution in [3.05, 3.63) is 47.3 Å². The van der Waals surface area contributed by atoms with Gasteiger partial charge in [0, 0.05) is 32.7 Å². The molecule has 3 rings (SSSR count). The van der Waals surface area contributed by atoms with Crippen LogP contribution in [0.25, 0.3) is 0 Å². The minimum absolute atomic E-state index is 0.0686. The number of amides is 1. The molecule has 27 heavy (non-hydrogen) atoms. The molecule has 146 valence electrons. The van der Waals surface area contributed by atoms with E-state index in [0.29, 0.717) is 44.2 Å². The minimum Gasteiger partial charge on any atom is -0.360 e. The van der Waals surface area contributed by atoms with Crippen molar-refractivity contribution in [1.82, 2.24) is 19.7 Å². The zero-order valence-corrected chi connectivity index (χ0v) is 16.3. The summed E-state index contributed by atoms with van der Waals surface area (Å²) in [6.07, 6.45) is 0. The first kappa shape index (κ1) is 19.5. The van der Waals surface area contributed by atoms with Crippen LogP contribution in [0.2, 0.25) is 0 Å². The number of aromatic nitrogens is 1. The van der Waals surface area contributed by atoms with Crippen molar-refractivity contribution in [2.24, 2.45) is 0 Å². The van der Waals surface area contributed by atoms with Crippen molar-refractivity contribution < 1.29 is 17.7 Å². The molecule has 1 saturated heterocycles. The van der Waals surface area contributed by atoms with Crippen LogP contribution in [0, 0.1) is 13.8 Å². The molecule has 9 heteroatoms. The highest BCUT2D eigenvalue weighted by Crippen LogP contribution is 2.24. The van der Waals surface area contributed by atoms with E-state index in [1.54, 1.807) is 13.8 Å². The van der Waals surface area contributed by atoms with Gasteiger partial charge in [0.2, 0.25) is 15.9 Å². The van der Waals surface area contributed by atoms with Gasteiger partial charge >= 0.3 is 0 Å². The summed E-state index contributed by atoms with van der Waals surface area (Å²) in [6.45, 7) is 5.63. The number of benzene rings is 1. The second kappa shape index (κ2) is 8.20. The Kier molecular flexibility index (Phi) is 5.93.